The van der Waals surface area contributed by atoms with Gasteiger partial charge in [0.25, 0.3) is 10.0 Å². The van der Waals surface area contributed by atoms with Crippen LogP contribution in [0.2, 0.25) is 0 Å². The molecule has 3 rings (SSSR count). The molecule has 3 aromatic rings. The fraction of sp³-hybridized carbons (Fsp3) is 0.0556. The third-order valence-electron chi connectivity index (χ3n) is 3.69. The van der Waals surface area contributed by atoms with Crippen LogP contribution in [0.1, 0.15) is 15.2 Å². The summed E-state index contributed by atoms with van der Waals surface area (Å²) < 4.78 is 53.8. The van der Waals surface area contributed by atoms with E-state index in [0.29, 0.717) is 16.5 Å². The maximum atomic E-state index is 13.8. The van der Waals surface area contributed by atoms with Crippen LogP contribution in [-0.4, -0.2) is 19.5 Å². The highest BCUT2D eigenvalue weighted by Gasteiger charge is 2.24. The van der Waals surface area contributed by atoms with Crippen LogP contribution in [0.5, 0.6) is 0 Å². The number of carbonyl (C=O) groups is 1. The highest BCUT2D eigenvalue weighted by atomic mass is 32.2. The minimum absolute atomic E-state index is 0.188. The Morgan fingerprint density at radius 1 is 1.07 bits per heavy atom. The Balaban J connectivity index is 2.03. The van der Waals surface area contributed by atoms with E-state index >= 15 is 0 Å². The lowest BCUT2D eigenvalue weighted by atomic mass is 10.1. The summed E-state index contributed by atoms with van der Waals surface area (Å²) in [6.07, 6.45) is 0. The van der Waals surface area contributed by atoms with E-state index in [1.807, 2.05) is 19.1 Å². The summed E-state index contributed by atoms with van der Waals surface area (Å²) >= 11 is 0.889. The van der Waals surface area contributed by atoms with Crippen molar-refractivity contribution < 1.29 is 27.1 Å². The number of carboxylic acid groups (broad SMARTS) is 1. The Hall–Kier alpha value is -2.78. The van der Waals surface area contributed by atoms with Crippen LogP contribution in [0.3, 0.4) is 0 Å². The molecule has 5 nitrogen and oxygen atoms in total. The predicted molar refractivity (Wildman–Crippen MR) is 98.6 cm³/mol. The van der Waals surface area contributed by atoms with Crippen LogP contribution >= 0.6 is 11.3 Å². The summed E-state index contributed by atoms with van der Waals surface area (Å²) in [6.45, 7) is 1.90. The summed E-state index contributed by atoms with van der Waals surface area (Å²) in [5.41, 5.74) is 1.54. The number of sulfonamides is 1. The first kappa shape index (κ1) is 19.0. The summed E-state index contributed by atoms with van der Waals surface area (Å²) in [5.74, 6) is -3.51. The van der Waals surface area contributed by atoms with Gasteiger partial charge in [-0.15, -0.1) is 11.3 Å². The molecule has 0 unspecified atom stereocenters. The predicted octanol–water partition coefficient (Wildman–Crippen LogP) is 4.50. The first-order valence-electron chi connectivity index (χ1n) is 7.59. The second-order valence-corrected chi connectivity index (χ2v) is 8.41. The van der Waals surface area contributed by atoms with Gasteiger partial charge in [-0.2, -0.15) is 0 Å². The average molecular weight is 409 g/mol. The topological polar surface area (TPSA) is 83.5 Å². The Kier molecular flexibility index (Phi) is 4.99. The zero-order chi connectivity index (χ0) is 19.8. The van der Waals surface area contributed by atoms with Gasteiger partial charge in [0.05, 0.1) is 5.69 Å². The van der Waals surface area contributed by atoms with Crippen LogP contribution in [0.25, 0.3) is 10.4 Å². The Bertz CT molecular complexity index is 1120. The summed E-state index contributed by atoms with van der Waals surface area (Å²) in [7, 11) is -4.44. The van der Waals surface area contributed by atoms with Gasteiger partial charge in [-0.05, 0) is 30.7 Å². The van der Waals surface area contributed by atoms with Crippen LogP contribution in [-0.2, 0) is 10.0 Å². The molecule has 9 heteroatoms. The normalized spacial score (nSPS) is 11.4. The second-order valence-electron chi connectivity index (χ2n) is 5.70. The molecule has 0 aliphatic rings. The third kappa shape index (κ3) is 3.99. The number of aromatic carboxylic acids is 1. The van der Waals surface area contributed by atoms with Crippen molar-refractivity contribution >= 4 is 33.0 Å². The highest BCUT2D eigenvalue weighted by Crippen LogP contribution is 2.36. The van der Waals surface area contributed by atoms with Gasteiger partial charge in [0.2, 0.25) is 0 Å². The fourth-order valence-electron chi connectivity index (χ4n) is 2.38. The van der Waals surface area contributed by atoms with Crippen molar-refractivity contribution in [2.75, 3.05) is 4.72 Å². The van der Waals surface area contributed by atoms with E-state index in [0.717, 1.165) is 29.0 Å². The van der Waals surface area contributed by atoms with Crippen molar-refractivity contribution in [3.05, 3.63) is 70.6 Å². The zero-order valence-electron chi connectivity index (χ0n) is 13.9. The zero-order valence-corrected chi connectivity index (χ0v) is 15.5. The number of anilines is 1. The monoisotopic (exact) mass is 409 g/mol. The third-order valence-corrected chi connectivity index (χ3v) is 6.26. The highest BCUT2D eigenvalue weighted by molar-refractivity contribution is 7.92. The molecule has 0 atom stereocenters. The van der Waals surface area contributed by atoms with Crippen LogP contribution < -0.4 is 4.72 Å². The van der Waals surface area contributed by atoms with E-state index in [1.54, 1.807) is 12.1 Å². The van der Waals surface area contributed by atoms with Crippen LogP contribution in [0.4, 0.5) is 14.5 Å². The SMILES string of the molecule is Cc1ccc(-c2cc(NS(=O)(=O)c3ccc(F)cc3F)c(C(=O)O)s2)cc1. The first-order chi connectivity index (χ1) is 12.7. The minimum Gasteiger partial charge on any atom is -0.477 e. The number of hydrogen-bond donors (Lipinski definition) is 2. The molecule has 140 valence electrons. The van der Waals surface area contributed by atoms with Gasteiger partial charge in [-0.1, -0.05) is 29.8 Å². The van der Waals surface area contributed by atoms with Gasteiger partial charge in [0.1, 0.15) is 21.4 Å². The molecule has 0 aliphatic heterocycles. The lowest BCUT2D eigenvalue weighted by molar-refractivity contribution is 0.0703. The number of hydrogen-bond acceptors (Lipinski definition) is 4. The standard InChI is InChI=1S/C18H13F2NO4S2/c1-10-2-4-11(5-3-10)15-9-14(17(26-15)18(22)23)21-27(24,25)16-7-6-12(19)8-13(16)20/h2-9,21H,1H3,(H,22,23). The number of benzene rings is 2. The number of halogens is 2. The molecular formula is C18H13F2NO4S2. The van der Waals surface area contributed by atoms with Gasteiger partial charge in [-0.25, -0.2) is 22.0 Å². The van der Waals surface area contributed by atoms with Crippen molar-refractivity contribution in [2.24, 2.45) is 0 Å². The number of aryl methyl sites for hydroxylation is 1. The molecule has 0 aliphatic carbocycles. The molecule has 0 bridgehead atoms. The maximum Gasteiger partial charge on any atom is 0.348 e. The van der Waals surface area contributed by atoms with Crippen molar-refractivity contribution in [2.45, 2.75) is 11.8 Å². The van der Waals surface area contributed by atoms with Gasteiger partial charge in [0.15, 0.2) is 0 Å². The van der Waals surface area contributed by atoms with E-state index < -0.39 is 32.5 Å². The lowest BCUT2D eigenvalue weighted by Gasteiger charge is -2.08. The van der Waals surface area contributed by atoms with E-state index in [-0.39, 0.29) is 10.6 Å². The number of thiophene rings is 1. The molecule has 0 radical (unpaired) electrons. The molecule has 0 fully saturated rings. The van der Waals surface area contributed by atoms with Gasteiger partial charge < -0.3 is 5.11 Å². The smallest absolute Gasteiger partial charge is 0.348 e. The minimum atomic E-state index is -4.44. The van der Waals surface area contributed by atoms with Crippen molar-refractivity contribution in [3.63, 3.8) is 0 Å². The Morgan fingerprint density at radius 3 is 2.33 bits per heavy atom. The quantitative estimate of drug-likeness (QED) is 0.650. The van der Waals surface area contributed by atoms with Crippen molar-refractivity contribution in [1.82, 2.24) is 0 Å². The molecule has 0 saturated heterocycles. The molecule has 0 amide bonds. The lowest BCUT2D eigenvalue weighted by Crippen LogP contribution is -2.16. The van der Waals surface area contributed by atoms with E-state index in [9.17, 15) is 27.1 Å². The number of carboxylic acids is 1. The Morgan fingerprint density at radius 2 is 1.74 bits per heavy atom. The van der Waals surface area contributed by atoms with Gasteiger partial charge >= 0.3 is 5.97 Å². The summed E-state index contributed by atoms with van der Waals surface area (Å²) in [4.78, 5) is 11.0. The van der Waals surface area contributed by atoms with E-state index in [1.165, 1.54) is 6.07 Å². The number of nitrogens with one attached hydrogen (secondary N) is 1. The first-order valence-corrected chi connectivity index (χ1v) is 9.89. The van der Waals surface area contributed by atoms with E-state index in [4.69, 9.17) is 0 Å². The molecule has 1 heterocycles. The van der Waals surface area contributed by atoms with Gasteiger partial charge in [-0.3, -0.25) is 4.72 Å². The summed E-state index contributed by atoms with van der Waals surface area (Å²) in [6, 6.07) is 10.6. The fourth-order valence-corrected chi connectivity index (χ4v) is 4.52. The largest absolute Gasteiger partial charge is 0.477 e. The number of rotatable bonds is 5. The molecule has 0 saturated carbocycles. The van der Waals surface area contributed by atoms with Crippen LogP contribution in [0.15, 0.2) is 53.4 Å². The summed E-state index contributed by atoms with van der Waals surface area (Å²) in [5, 5.41) is 9.38. The van der Waals surface area contributed by atoms with Crippen molar-refractivity contribution in [1.29, 1.82) is 0 Å². The van der Waals surface area contributed by atoms with Gasteiger partial charge in [0, 0.05) is 10.9 Å². The van der Waals surface area contributed by atoms with Crippen LogP contribution in [0, 0.1) is 18.6 Å². The average Bonchev–Trinajstić information content (AvgIpc) is 2.98. The molecule has 2 N–H and O–H groups in total. The molecule has 0 spiro atoms. The maximum absolute atomic E-state index is 13.8. The molecule has 1 aromatic heterocycles. The molecule has 27 heavy (non-hydrogen) atoms. The van der Waals surface area contributed by atoms with E-state index in [2.05, 4.69) is 4.72 Å². The second kappa shape index (κ2) is 7.09. The molecule has 2 aromatic carbocycles. The Labute approximate surface area is 158 Å². The van der Waals surface area contributed by atoms with Crippen molar-refractivity contribution in [3.8, 4) is 10.4 Å². The molecular weight excluding hydrogens is 396 g/mol.